The van der Waals surface area contributed by atoms with Gasteiger partial charge < -0.3 is 10.2 Å². The first-order valence-corrected chi connectivity index (χ1v) is 6.58. The highest BCUT2D eigenvalue weighted by molar-refractivity contribution is 5.24. The Morgan fingerprint density at radius 1 is 0.600 bits per heavy atom. The molecule has 0 saturated carbocycles. The number of allylic oxidation sites excluding steroid dienone is 2. The zero-order chi connectivity index (χ0) is 14.2. The van der Waals surface area contributed by atoms with E-state index in [0.29, 0.717) is 0 Å². The molecule has 0 amide bonds. The Hall–Kier alpha value is -2.16. The van der Waals surface area contributed by atoms with Crippen molar-refractivity contribution in [2.75, 3.05) is 0 Å². The van der Waals surface area contributed by atoms with Gasteiger partial charge in [0.2, 0.25) is 0 Å². The molecule has 2 aromatic carbocycles. The summed E-state index contributed by atoms with van der Waals surface area (Å²) < 4.78 is 0. The first-order valence-electron chi connectivity index (χ1n) is 6.58. The van der Waals surface area contributed by atoms with Crippen LogP contribution in [0.25, 0.3) is 0 Å². The summed E-state index contributed by atoms with van der Waals surface area (Å²) in [6, 6.07) is 18.9. The summed E-state index contributed by atoms with van der Waals surface area (Å²) in [5.74, 6) is 0. The van der Waals surface area contributed by atoms with E-state index in [4.69, 9.17) is 0 Å². The zero-order valence-electron chi connectivity index (χ0n) is 11.1. The lowest BCUT2D eigenvalue weighted by Crippen LogP contribution is -1.92. The van der Waals surface area contributed by atoms with E-state index >= 15 is 0 Å². The van der Waals surface area contributed by atoms with Crippen LogP contribution in [0.3, 0.4) is 0 Å². The van der Waals surface area contributed by atoms with E-state index in [-0.39, 0.29) is 0 Å². The Balaban J connectivity index is 1.91. The van der Waals surface area contributed by atoms with Crippen LogP contribution < -0.4 is 0 Å². The van der Waals surface area contributed by atoms with E-state index in [1.807, 2.05) is 60.7 Å². The molecule has 0 aliphatic rings. The minimum absolute atomic E-state index is 0.630. The first kappa shape index (κ1) is 14.3. The van der Waals surface area contributed by atoms with Crippen LogP contribution in [0.1, 0.15) is 23.3 Å². The van der Waals surface area contributed by atoms with E-state index in [1.165, 1.54) is 0 Å². The summed E-state index contributed by atoms with van der Waals surface area (Å²) in [7, 11) is 0. The lowest BCUT2D eigenvalue weighted by Gasteiger charge is -2.05. The van der Waals surface area contributed by atoms with Gasteiger partial charge in [-0.3, -0.25) is 0 Å². The number of hydrogen-bond acceptors (Lipinski definition) is 2. The van der Waals surface area contributed by atoms with E-state index < -0.39 is 12.2 Å². The van der Waals surface area contributed by atoms with E-state index in [1.54, 1.807) is 24.3 Å². The summed E-state index contributed by atoms with van der Waals surface area (Å²) >= 11 is 0. The maximum atomic E-state index is 9.92. The normalized spacial score (nSPS) is 14.7. The van der Waals surface area contributed by atoms with Gasteiger partial charge >= 0.3 is 0 Å². The lowest BCUT2D eigenvalue weighted by atomic mass is 10.1. The van der Waals surface area contributed by atoms with Gasteiger partial charge in [-0.1, -0.05) is 85.0 Å². The topological polar surface area (TPSA) is 40.5 Å². The second kappa shape index (κ2) is 7.43. The number of aliphatic hydroxyl groups excluding tert-OH is 2. The Kier molecular flexibility index (Phi) is 5.30. The van der Waals surface area contributed by atoms with Gasteiger partial charge in [0.25, 0.3) is 0 Å². The van der Waals surface area contributed by atoms with Crippen molar-refractivity contribution >= 4 is 0 Å². The summed E-state index contributed by atoms with van der Waals surface area (Å²) in [5, 5.41) is 19.8. The number of rotatable bonds is 5. The molecule has 102 valence electrons. The van der Waals surface area contributed by atoms with Crippen molar-refractivity contribution in [3.63, 3.8) is 0 Å². The molecule has 0 fully saturated rings. The first-order chi connectivity index (χ1) is 9.77. The molecule has 2 N–H and O–H groups in total. The van der Waals surface area contributed by atoms with Crippen LogP contribution in [0.2, 0.25) is 0 Å². The Morgan fingerprint density at radius 2 is 0.950 bits per heavy atom. The van der Waals surface area contributed by atoms with Crippen molar-refractivity contribution < 1.29 is 10.2 Å². The molecule has 2 aromatic rings. The molecular weight excluding hydrogens is 248 g/mol. The Bertz CT molecular complexity index is 505. The van der Waals surface area contributed by atoms with Crippen LogP contribution in [0, 0.1) is 0 Å². The van der Waals surface area contributed by atoms with Gasteiger partial charge in [0, 0.05) is 0 Å². The number of benzene rings is 2. The summed E-state index contributed by atoms with van der Waals surface area (Å²) in [6.07, 6.45) is 5.59. The number of hydrogen-bond donors (Lipinski definition) is 2. The highest BCUT2D eigenvalue weighted by atomic mass is 16.3. The Labute approximate surface area is 119 Å². The monoisotopic (exact) mass is 266 g/mol. The van der Waals surface area contributed by atoms with Gasteiger partial charge in [0.05, 0.1) is 12.2 Å². The maximum Gasteiger partial charge on any atom is 0.0974 e. The fraction of sp³-hybridized carbons (Fsp3) is 0.111. The minimum atomic E-state index is -0.630. The maximum absolute atomic E-state index is 9.92. The van der Waals surface area contributed by atoms with Crippen molar-refractivity contribution in [3.05, 3.63) is 96.1 Å². The van der Waals surface area contributed by atoms with Crippen LogP contribution >= 0.6 is 0 Å². The molecule has 0 saturated heterocycles. The molecular formula is C18H18O2. The fourth-order valence-corrected chi connectivity index (χ4v) is 1.86. The predicted molar refractivity (Wildman–Crippen MR) is 81.1 cm³/mol. The molecule has 0 aliphatic heterocycles. The van der Waals surface area contributed by atoms with Crippen molar-refractivity contribution in [2.45, 2.75) is 12.2 Å². The van der Waals surface area contributed by atoms with Crippen molar-refractivity contribution in [3.8, 4) is 0 Å². The molecule has 0 bridgehead atoms. The molecule has 2 atom stereocenters. The van der Waals surface area contributed by atoms with Gasteiger partial charge in [-0.25, -0.2) is 0 Å². The molecule has 2 heteroatoms. The molecule has 0 radical (unpaired) electrons. The third-order valence-electron chi connectivity index (χ3n) is 2.98. The van der Waals surface area contributed by atoms with Gasteiger partial charge in [-0.05, 0) is 11.1 Å². The molecule has 20 heavy (non-hydrogen) atoms. The second-order valence-corrected chi connectivity index (χ2v) is 4.48. The SMILES string of the molecule is OC(C=CC=CC(O)c1ccccc1)c1ccccc1. The highest BCUT2D eigenvalue weighted by Crippen LogP contribution is 2.15. The molecule has 0 spiro atoms. The molecule has 0 heterocycles. The second-order valence-electron chi connectivity index (χ2n) is 4.48. The van der Waals surface area contributed by atoms with Crippen LogP contribution in [0.15, 0.2) is 85.0 Å². The van der Waals surface area contributed by atoms with Gasteiger partial charge in [0.1, 0.15) is 0 Å². The van der Waals surface area contributed by atoms with Crippen LogP contribution in [-0.4, -0.2) is 10.2 Å². The quantitative estimate of drug-likeness (QED) is 0.812. The number of aliphatic hydroxyl groups is 2. The van der Waals surface area contributed by atoms with E-state index in [9.17, 15) is 10.2 Å². The predicted octanol–water partition coefficient (Wildman–Crippen LogP) is 3.57. The van der Waals surface area contributed by atoms with Crippen LogP contribution in [-0.2, 0) is 0 Å². The molecule has 2 rings (SSSR count). The summed E-state index contributed by atoms with van der Waals surface area (Å²) in [5.41, 5.74) is 1.70. The van der Waals surface area contributed by atoms with Crippen LogP contribution in [0.5, 0.6) is 0 Å². The minimum Gasteiger partial charge on any atom is -0.384 e. The van der Waals surface area contributed by atoms with E-state index in [0.717, 1.165) is 11.1 Å². The molecule has 2 nitrogen and oxygen atoms in total. The molecule has 2 unspecified atom stereocenters. The van der Waals surface area contributed by atoms with Gasteiger partial charge in [0.15, 0.2) is 0 Å². The van der Waals surface area contributed by atoms with Gasteiger partial charge in [-0.15, -0.1) is 0 Å². The third-order valence-corrected chi connectivity index (χ3v) is 2.98. The standard InChI is InChI=1S/C18H18O2/c19-17(15-9-3-1-4-10-15)13-7-8-14-18(20)16-11-5-2-6-12-16/h1-14,17-20H. The smallest absolute Gasteiger partial charge is 0.0974 e. The summed E-state index contributed by atoms with van der Waals surface area (Å²) in [6.45, 7) is 0. The van der Waals surface area contributed by atoms with Crippen molar-refractivity contribution in [2.24, 2.45) is 0 Å². The average Bonchev–Trinajstić information content (AvgIpc) is 2.53. The zero-order valence-corrected chi connectivity index (χ0v) is 11.1. The highest BCUT2D eigenvalue weighted by Gasteiger charge is 2.01. The largest absolute Gasteiger partial charge is 0.384 e. The Morgan fingerprint density at radius 3 is 1.30 bits per heavy atom. The summed E-state index contributed by atoms with van der Waals surface area (Å²) in [4.78, 5) is 0. The van der Waals surface area contributed by atoms with Crippen molar-refractivity contribution in [1.82, 2.24) is 0 Å². The average molecular weight is 266 g/mol. The van der Waals surface area contributed by atoms with Gasteiger partial charge in [-0.2, -0.15) is 0 Å². The fourth-order valence-electron chi connectivity index (χ4n) is 1.86. The lowest BCUT2D eigenvalue weighted by molar-refractivity contribution is 0.227. The molecule has 0 aromatic heterocycles. The molecule has 0 aliphatic carbocycles. The third kappa shape index (κ3) is 4.19. The van der Waals surface area contributed by atoms with Crippen LogP contribution in [0.4, 0.5) is 0 Å². The van der Waals surface area contributed by atoms with E-state index in [2.05, 4.69) is 0 Å². The van der Waals surface area contributed by atoms with Crippen molar-refractivity contribution in [1.29, 1.82) is 0 Å².